The number of hydrogen-bond acceptors (Lipinski definition) is 3. The van der Waals surface area contributed by atoms with Crippen molar-refractivity contribution in [2.75, 3.05) is 12.8 Å². The molecule has 20 heavy (non-hydrogen) atoms. The number of nitriles is 1. The first kappa shape index (κ1) is 12.5. The van der Waals surface area contributed by atoms with Crippen molar-refractivity contribution in [1.29, 1.82) is 5.26 Å². The summed E-state index contributed by atoms with van der Waals surface area (Å²) < 4.78 is 5.16. The fraction of sp³-hybridized carbons (Fsp3) is 0.250. The first-order valence-corrected chi connectivity index (χ1v) is 6.63. The van der Waals surface area contributed by atoms with Crippen molar-refractivity contribution in [1.82, 2.24) is 0 Å². The number of hydrogen-bond donors (Lipinski definition) is 1. The summed E-state index contributed by atoms with van der Waals surface area (Å²) in [4.78, 5) is 3.15. The van der Waals surface area contributed by atoms with Crippen LogP contribution in [0.3, 0.4) is 0 Å². The van der Waals surface area contributed by atoms with Gasteiger partial charge in [-0.3, -0.25) is 5.73 Å². The third-order valence-electron chi connectivity index (χ3n) is 3.65. The lowest BCUT2D eigenvalue weighted by Gasteiger charge is -2.07. The minimum Gasteiger partial charge on any atom is -0.497 e. The quantitative estimate of drug-likeness (QED) is 0.927. The molecule has 1 aromatic heterocycles. The molecule has 0 radical (unpaired) electrons. The number of aromatic amines is 1. The van der Waals surface area contributed by atoms with Crippen LogP contribution in [0.2, 0.25) is 0 Å². The van der Waals surface area contributed by atoms with Crippen molar-refractivity contribution in [2.24, 2.45) is 0 Å². The van der Waals surface area contributed by atoms with E-state index in [4.69, 9.17) is 10.5 Å². The topological polar surface area (TPSA) is 73.2 Å². The monoisotopic (exact) mass is 266 g/mol. The lowest BCUT2D eigenvalue weighted by molar-refractivity contribution is -0.373. The zero-order valence-corrected chi connectivity index (χ0v) is 11.3. The van der Waals surface area contributed by atoms with Gasteiger partial charge in [0, 0.05) is 11.5 Å². The Morgan fingerprint density at radius 1 is 1.30 bits per heavy atom. The number of H-pyrrole nitrogens is 1. The highest BCUT2D eigenvalue weighted by atomic mass is 16.5. The molecule has 1 heterocycles. The molecule has 0 amide bonds. The van der Waals surface area contributed by atoms with E-state index in [1.807, 2.05) is 30.3 Å². The number of pyridine rings is 1. The molecule has 0 saturated heterocycles. The fourth-order valence-corrected chi connectivity index (χ4v) is 2.36. The average Bonchev–Trinajstić information content (AvgIpc) is 3.31. The van der Waals surface area contributed by atoms with E-state index in [0.29, 0.717) is 17.3 Å². The maximum atomic E-state index is 9.33. The molecule has 0 atom stereocenters. The minimum atomic E-state index is 0.447. The van der Waals surface area contributed by atoms with Crippen LogP contribution >= 0.6 is 0 Å². The number of nitrogen functional groups attached to an aromatic ring is 1. The average molecular weight is 266 g/mol. The molecule has 100 valence electrons. The van der Waals surface area contributed by atoms with Crippen molar-refractivity contribution in [2.45, 2.75) is 18.8 Å². The molecule has 2 aromatic rings. The Balaban J connectivity index is 2.12. The van der Waals surface area contributed by atoms with Gasteiger partial charge in [0.2, 0.25) is 0 Å². The van der Waals surface area contributed by atoms with Crippen LogP contribution in [-0.2, 0) is 0 Å². The summed E-state index contributed by atoms with van der Waals surface area (Å²) >= 11 is 0. The highest BCUT2D eigenvalue weighted by molar-refractivity contribution is 5.74. The zero-order valence-electron chi connectivity index (χ0n) is 11.3. The van der Waals surface area contributed by atoms with Gasteiger partial charge in [-0.25, -0.2) is 4.98 Å². The van der Waals surface area contributed by atoms with Gasteiger partial charge in [-0.2, -0.15) is 5.26 Å². The fourth-order valence-electron chi connectivity index (χ4n) is 2.36. The van der Waals surface area contributed by atoms with Crippen LogP contribution in [0, 0.1) is 11.3 Å². The first-order valence-electron chi connectivity index (χ1n) is 6.63. The lowest BCUT2D eigenvalue weighted by Crippen LogP contribution is -2.18. The van der Waals surface area contributed by atoms with Crippen LogP contribution in [0.1, 0.15) is 30.0 Å². The highest BCUT2D eigenvalue weighted by Gasteiger charge is 2.29. The van der Waals surface area contributed by atoms with E-state index in [2.05, 4.69) is 11.1 Å². The highest BCUT2D eigenvalue weighted by Crippen LogP contribution is 2.40. The number of benzene rings is 1. The van der Waals surface area contributed by atoms with Gasteiger partial charge in [0.25, 0.3) is 5.82 Å². The van der Waals surface area contributed by atoms with Gasteiger partial charge in [-0.15, -0.1) is 0 Å². The molecule has 4 heteroatoms. The molecule has 0 unspecified atom stereocenters. The maximum Gasteiger partial charge on any atom is 0.289 e. The summed E-state index contributed by atoms with van der Waals surface area (Å²) in [5, 5.41) is 9.33. The largest absolute Gasteiger partial charge is 0.497 e. The Morgan fingerprint density at radius 2 is 2.00 bits per heavy atom. The predicted molar refractivity (Wildman–Crippen MR) is 76.1 cm³/mol. The second-order valence-corrected chi connectivity index (χ2v) is 5.04. The Hall–Kier alpha value is -2.54. The van der Waals surface area contributed by atoms with Gasteiger partial charge < -0.3 is 4.74 Å². The Labute approximate surface area is 117 Å². The summed E-state index contributed by atoms with van der Waals surface area (Å²) in [6.07, 6.45) is 2.37. The molecule has 0 bridgehead atoms. The summed E-state index contributed by atoms with van der Waals surface area (Å²) in [5.74, 6) is 1.80. The van der Waals surface area contributed by atoms with Crippen molar-refractivity contribution >= 4 is 5.82 Å². The summed E-state index contributed by atoms with van der Waals surface area (Å²) in [6, 6.07) is 11.9. The Morgan fingerprint density at radius 3 is 2.55 bits per heavy atom. The molecule has 0 spiro atoms. The maximum absolute atomic E-state index is 9.33. The van der Waals surface area contributed by atoms with E-state index < -0.39 is 0 Å². The van der Waals surface area contributed by atoms with E-state index >= 15 is 0 Å². The number of nitrogens with zero attached hydrogens (tertiary/aromatic N) is 1. The number of ether oxygens (including phenoxy) is 1. The first-order chi connectivity index (χ1) is 9.72. The van der Waals surface area contributed by atoms with Crippen LogP contribution in [0.25, 0.3) is 11.1 Å². The van der Waals surface area contributed by atoms with Gasteiger partial charge >= 0.3 is 0 Å². The summed E-state index contributed by atoms with van der Waals surface area (Å²) in [7, 11) is 1.64. The van der Waals surface area contributed by atoms with E-state index in [-0.39, 0.29) is 0 Å². The molecular formula is C16H16N3O+. The molecule has 3 rings (SSSR count). The molecular weight excluding hydrogens is 250 g/mol. The third kappa shape index (κ3) is 2.19. The molecule has 1 fully saturated rings. The molecule has 1 aliphatic carbocycles. The van der Waals surface area contributed by atoms with Crippen molar-refractivity contribution in [3.05, 3.63) is 41.6 Å². The second-order valence-electron chi connectivity index (χ2n) is 5.04. The Kier molecular flexibility index (Phi) is 3.03. The second kappa shape index (κ2) is 4.86. The van der Waals surface area contributed by atoms with E-state index in [9.17, 15) is 5.26 Å². The number of anilines is 1. The number of rotatable bonds is 3. The molecule has 3 N–H and O–H groups in total. The van der Waals surface area contributed by atoms with Gasteiger partial charge in [0.05, 0.1) is 7.11 Å². The molecule has 1 saturated carbocycles. The summed E-state index contributed by atoms with van der Waals surface area (Å²) in [6.45, 7) is 0. The SMILES string of the molecule is COc1ccc(-c2cc(C3CC3)[nH+]c(N)c2C#N)cc1. The third-order valence-corrected chi connectivity index (χ3v) is 3.65. The van der Waals surface area contributed by atoms with E-state index in [1.54, 1.807) is 7.11 Å². The van der Waals surface area contributed by atoms with Crippen LogP contribution in [0.5, 0.6) is 5.75 Å². The normalized spacial score (nSPS) is 13.8. The smallest absolute Gasteiger partial charge is 0.289 e. The van der Waals surface area contributed by atoms with E-state index in [1.165, 1.54) is 12.8 Å². The van der Waals surface area contributed by atoms with Crippen LogP contribution in [0.15, 0.2) is 30.3 Å². The molecule has 0 aliphatic heterocycles. The number of nitrogens with one attached hydrogen (secondary N) is 1. The van der Waals surface area contributed by atoms with Crippen molar-refractivity contribution < 1.29 is 9.72 Å². The minimum absolute atomic E-state index is 0.447. The van der Waals surface area contributed by atoms with Gasteiger partial charge in [0.1, 0.15) is 23.1 Å². The van der Waals surface area contributed by atoms with Crippen LogP contribution in [0.4, 0.5) is 5.82 Å². The lowest BCUT2D eigenvalue weighted by atomic mass is 9.99. The Bertz CT molecular complexity index is 682. The predicted octanol–water partition coefficient (Wildman–Crippen LogP) is 2.51. The molecule has 1 aliphatic rings. The zero-order chi connectivity index (χ0) is 14.1. The van der Waals surface area contributed by atoms with Crippen LogP contribution < -0.4 is 15.5 Å². The van der Waals surface area contributed by atoms with Crippen molar-refractivity contribution in [3.8, 4) is 22.9 Å². The number of aromatic nitrogens is 1. The summed E-state index contributed by atoms with van der Waals surface area (Å²) in [5.41, 5.74) is 9.47. The van der Waals surface area contributed by atoms with Gasteiger partial charge in [-0.05, 0) is 36.6 Å². The standard InChI is InChI=1S/C16H15N3O/c1-20-12-6-4-10(5-7-12)13-8-15(11-2-3-11)19-16(18)14(13)9-17/h4-8,11H,2-3H2,1H3,(H2,18,19)/p+1. The van der Waals surface area contributed by atoms with Gasteiger partial charge in [0.15, 0.2) is 0 Å². The number of nitrogens with two attached hydrogens (primary N) is 1. The van der Waals surface area contributed by atoms with Crippen molar-refractivity contribution in [3.63, 3.8) is 0 Å². The molecule has 4 nitrogen and oxygen atoms in total. The van der Waals surface area contributed by atoms with Crippen LogP contribution in [-0.4, -0.2) is 7.11 Å². The van der Waals surface area contributed by atoms with E-state index in [0.717, 1.165) is 22.6 Å². The van der Waals surface area contributed by atoms with Gasteiger partial charge in [-0.1, -0.05) is 12.1 Å². The number of methoxy groups -OCH3 is 1. The molecule has 1 aromatic carbocycles.